The van der Waals surface area contributed by atoms with Crippen molar-refractivity contribution in [2.24, 2.45) is 0 Å². The second kappa shape index (κ2) is 5.63. The minimum atomic E-state index is -0.399. The van der Waals surface area contributed by atoms with Gasteiger partial charge in [0.2, 0.25) is 5.88 Å². The molecule has 1 aromatic carbocycles. The maximum absolute atomic E-state index is 12.2. The number of nitrogens with zero attached hydrogens (tertiary/aromatic N) is 1. The van der Waals surface area contributed by atoms with Crippen LogP contribution in [0.3, 0.4) is 0 Å². The number of aromatic amines is 1. The lowest BCUT2D eigenvalue weighted by molar-refractivity contribution is 0.454. The van der Waals surface area contributed by atoms with Gasteiger partial charge in [-0.25, -0.2) is 0 Å². The van der Waals surface area contributed by atoms with Gasteiger partial charge in [-0.3, -0.25) is 4.79 Å². The minimum absolute atomic E-state index is 0.147. The average Bonchev–Trinajstić information content (AvgIpc) is 2.87. The number of benzene rings is 1. The first kappa shape index (κ1) is 14.3. The highest BCUT2D eigenvalue weighted by molar-refractivity contribution is 9.10. The molecule has 0 atom stereocenters. The van der Waals surface area contributed by atoms with Crippen molar-refractivity contribution in [3.63, 3.8) is 0 Å². The van der Waals surface area contributed by atoms with Crippen LogP contribution in [-0.4, -0.2) is 15.1 Å². The van der Waals surface area contributed by atoms with Crippen molar-refractivity contribution in [1.82, 2.24) is 9.97 Å². The van der Waals surface area contributed by atoms with Gasteiger partial charge in [0.1, 0.15) is 5.56 Å². The first-order valence-electron chi connectivity index (χ1n) is 5.89. The molecule has 3 aromatic rings. The number of nitrogens with one attached hydrogen (secondary N) is 1. The lowest BCUT2D eigenvalue weighted by atomic mass is 10.1. The summed E-state index contributed by atoms with van der Waals surface area (Å²) in [6.07, 6.45) is 0. The van der Waals surface area contributed by atoms with E-state index in [9.17, 15) is 9.90 Å². The van der Waals surface area contributed by atoms with Gasteiger partial charge in [-0.05, 0) is 29.8 Å². The highest BCUT2D eigenvalue weighted by atomic mass is 79.9. The van der Waals surface area contributed by atoms with Crippen molar-refractivity contribution >= 4 is 38.9 Å². The minimum Gasteiger partial charge on any atom is -0.493 e. The molecule has 0 aliphatic carbocycles. The second-order valence-corrected chi connectivity index (χ2v) is 6.85. The molecule has 0 amide bonds. The molecule has 7 heteroatoms. The number of hydrogen-bond donors (Lipinski definition) is 2. The Hall–Kier alpha value is -1.63. The van der Waals surface area contributed by atoms with Gasteiger partial charge in [0.15, 0.2) is 5.82 Å². The molecule has 0 bridgehead atoms. The number of H-pyrrole nitrogens is 1. The maximum atomic E-state index is 12.2. The number of thiophene rings is 1. The van der Waals surface area contributed by atoms with Crippen molar-refractivity contribution in [3.05, 3.63) is 55.6 Å². The zero-order chi connectivity index (χ0) is 15.0. The van der Waals surface area contributed by atoms with Crippen molar-refractivity contribution in [1.29, 1.82) is 0 Å². The molecule has 0 saturated heterocycles. The van der Waals surface area contributed by atoms with Crippen LogP contribution >= 0.6 is 38.9 Å². The summed E-state index contributed by atoms with van der Waals surface area (Å²) in [7, 11) is 0. The molecule has 0 aliphatic heterocycles. The molecule has 0 spiro atoms. The van der Waals surface area contributed by atoms with Crippen LogP contribution in [0, 0.1) is 0 Å². The molecule has 21 heavy (non-hydrogen) atoms. The van der Waals surface area contributed by atoms with Crippen LogP contribution in [-0.2, 0) is 0 Å². The zero-order valence-electron chi connectivity index (χ0n) is 10.4. The van der Waals surface area contributed by atoms with Gasteiger partial charge in [-0.15, -0.1) is 11.3 Å². The topological polar surface area (TPSA) is 66.0 Å². The third kappa shape index (κ3) is 2.88. The van der Waals surface area contributed by atoms with Gasteiger partial charge in [0, 0.05) is 4.47 Å². The van der Waals surface area contributed by atoms with Crippen LogP contribution in [0.4, 0.5) is 0 Å². The predicted molar refractivity (Wildman–Crippen MR) is 88.0 cm³/mol. The normalized spacial score (nSPS) is 10.8. The van der Waals surface area contributed by atoms with Gasteiger partial charge in [0.05, 0.1) is 9.21 Å². The van der Waals surface area contributed by atoms with E-state index in [-0.39, 0.29) is 11.4 Å². The van der Waals surface area contributed by atoms with E-state index in [4.69, 9.17) is 11.6 Å². The van der Waals surface area contributed by atoms with Gasteiger partial charge in [0.25, 0.3) is 5.56 Å². The van der Waals surface area contributed by atoms with E-state index in [1.54, 1.807) is 36.4 Å². The van der Waals surface area contributed by atoms with E-state index in [0.29, 0.717) is 20.6 Å². The molecular weight excluding hydrogens is 376 g/mol. The van der Waals surface area contributed by atoms with Crippen molar-refractivity contribution < 1.29 is 5.11 Å². The zero-order valence-corrected chi connectivity index (χ0v) is 13.6. The third-order valence-electron chi connectivity index (χ3n) is 2.84. The summed E-state index contributed by atoms with van der Waals surface area (Å²) in [4.78, 5) is 19.6. The standard InChI is InChI=1S/C14H8BrClN2O2S/c15-8-3-1-7(2-4-8)11-13(19)17-12(18-14(11)20)9-5-6-10(16)21-9/h1-6H,(H2,17,18,19,20). The number of rotatable bonds is 2. The molecule has 106 valence electrons. The second-order valence-electron chi connectivity index (χ2n) is 4.22. The summed E-state index contributed by atoms with van der Waals surface area (Å²) >= 11 is 10.5. The Kier molecular flexibility index (Phi) is 3.84. The Morgan fingerprint density at radius 3 is 2.48 bits per heavy atom. The number of hydrogen-bond acceptors (Lipinski definition) is 4. The van der Waals surface area contributed by atoms with Crippen molar-refractivity contribution in [2.75, 3.05) is 0 Å². The lowest BCUT2D eigenvalue weighted by Gasteiger charge is -2.05. The number of aromatic nitrogens is 2. The van der Waals surface area contributed by atoms with E-state index < -0.39 is 5.56 Å². The molecule has 2 aromatic heterocycles. The molecule has 0 unspecified atom stereocenters. The molecule has 0 aliphatic rings. The Labute approximate surface area is 137 Å². The third-order valence-corrected chi connectivity index (χ3v) is 4.61. The van der Waals surface area contributed by atoms with Crippen LogP contribution in [0.5, 0.6) is 5.88 Å². The van der Waals surface area contributed by atoms with E-state index in [1.165, 1.54) is 11.3 Å². The van der Waals surface area contributed by atoms with E-state index in [0.717, 1.165) is 4.47 Å². The predicted octanol–water partition coefficient (Wildman–Crippen LogP) is 4.29. The highest BCUT2D eigenvalue weighted by Gasteiger charge is 2.14. The Morgan fingerprint density at radius 2 is 1.90 bits per heavy atom. The first-order valence-corrected chi connectivity index (χ1v) is 7.88. The highest BCUT2D eigenvalue weighted by Crippen LogP contribution is 2.31. The summed E-state index contributed by atoms with van der Waals surface area (Å²) in [6.45, 7) is 0. The maximum Gasteiger partial charge on any atom is 0.262 e. The Balaban J connectivity index is 2.12. The van der Waals surface area contributed by atoms with Crippen LogP contribution < -0.4 is 5.56 Å². The SMILES string of the molecule is O=c1[nH]c(-c2ccc(Cl)s2)nc(O)c1-c1ccc(Br)cc1. The average molecular weight is 384 g/mol. The number of halogens is 2. The number of aromatic hydroxyl groups is 1. The fraction of sp³-hybridized carbons (Fsp3) is 0. The Bertz CT molecular complexity index is 858. The monoisotopic (exact) mass is 382 g/mol. The van der Waals surface area contributed by atoms with Crippen molar-refractivity contribution in [2.45, 2.75) is 0 Å². The molecule has 2 heterocycles. The van der Waals surface area contributed by atoms with Crippen LogP contribution in [0.15, 0.2) is 45.7 Å². The molecule has 0 fully saturated rings. The van der Waals surface area contributed by atoms with Gasteiger partial charge in [-0.2, -0.15) is 4.98 Å². The molecule has 2 N–H and O–H groups in total. The largest absolute Gasteiger partial charge is 0.493 e. The van der Waals surface area contributed by atoms with Crippen LogP contribution in [0.1, 0.15) is 0 Å². The van der Waals surface area contributed by atoms with Crippen LogP contribution in [0.2, 0.25) is 4.34 Å². The molecule has 4 nitrogen and oxygen atoms in total. The fourth-order valence-corrected chi connectivity index (χ4v) is 3.15. The van der Waals surface area contributed by atoms with Crippen LogP contribution in [0.25, 0.3) is 21.8 Å². The van der Waals surface area contributed by atoms with Crippen molar-refractivity contribution in [3.8, 4) is 27.7 Å². The summed E-state index contributed by atoms with van der Waals surface area (Å²) in [6, 6.07) is 10.5. The molecule has 0 radical (unpaired) electrons. The van der Waals surface area contributed by atoms with E-state index in [2.05, 4.69) is 25.9 Å². The Morgan fingerprint density at radius 1 is 1.19 bits per heavy atom. The van der Waals surface area contributed by atoms with E-state index >= 15 is 0 Å². The quantitative estimate of drug-likeness (QED) is 0.694. The van der Waals surface area contributed by atoms with Gasteiger partial charge < -0.3 is 10.1 Å². The molecule has 3 rings (SSSR count). The summed E-state index contributed by atoms with van der Waals surface area (Å²) in [5.74, 6) is -0.00384. The fourth-order valence-electron chi connectivity index (χ4n) is 1.90. The molecule has 0 saturated carbocycles. The summed E-state index contributed by atoms with van der Waals surface area (Å²) < 4.78 is 1.48. The smallest absolute Gasteiger partial charge is 0.262 e. The van der Waals surface area contributed by atoms with Gasteiger partial charge in [-0.1, -0.05) is 39.7 Å². The summed E-state index contributed by atoms with van der Waals surface area (Å²) in [5.41, 5.74) is 0.346. The first-order chi connectivity index (χ1) is 10.0. The molecular formula is C14H8BrClN2O2S. The summed E-state index contributed by atoms with van der Waals surface area (Å²) in [5, 5.41) is 10.1. The van der Waals surface area contributed by atoms with E-state index in [1.807, 2.05) is 0 Å². The van der Waals surface area contributed by atoms with Gasteiger partial charge >= 0.3 is 0 Å². The lowest BCUT2D eigenvalue weighted by Crippen LogP contribution is -2.11.